The van der Waals surface area contributed by atoms with Crippen LogP contribution in [0, 0.1) is 17.7 Å². The van der Waals surface area contributed by atoms with Crippen LogP contribution in [0.1, 0.15) is 31.7 Å². The van der Waals surface area contributed by atoms with Crippen LogP contribution in [0.15, 0.2) is 16.6 Å². The molecule has 2 N–H and O–H groups in total. The minimum absolute atomic E-state index is 0.251. The molecule has 1 aromatic carbocycles. The molecule has 0 saturated heterocycles. The predicted molar refractivity (Wildman–Crippen MR) is 76.3 cm³/mol. The predicted octanol–water partition coefficient (Wildman–Crippen LogP) is 3.88. The van der Waals surface area contributed by atoms with Gasteiger partial charge >= 0.3 is 0 Å². The summed E-state index contributed by atoms with van der Waals surface area (Å²) in [5, 5.41) is 0. The van der Waals surface area contributed by atoms with Crippen molar-refractivity contribution >= 4 is 32.9 Å². The molecule has 2 aliphatic rings. The number of nitrogens with two attached hydrogens (primary N) is 1. The van der Waals surface area contributed by atoms with Crippen molar-refractivity contribution in [3.8, 4) is 0 Å². The molecule has 1 heterocycles. The number of hydrogen-bond acceptors (Lipinski definition) is 2. The summed E-state index contributed by atoms with van der Waals surface area (Å²) in [6.07, 6.45) is 5.05. The number of anilines is 1. The average molecular weight is 324 g/mol. The number of fused-ring (bicyclic) bond motifs is 1. The summed E-state index contributed by atoms with van der Waals surface area (Å²) in [4.78, 5) is 4.40. The standard InChI is InChI=1S/C14H15BrFN3/c15-9-5-11-12(6-10(9)16)19(14(17)18-11)13(7-1-2-7)8-3-4-8/h5-8,13H,1-4H2,(H2,17,18). The summed E-state index contributed by atoms with van der Waals surface area (Å²) >= 11 is 3.20. The number of halogens is 2. The molecule has 5 heteroatoms. The van der Waals surface area contributed by atoms with Crippen LogP contribution in [0.3, 0.4) is 0 Å². The normalized spacial score (nSPS) is 19.5. The van der Waals surface area contributed by atoms with E-state index in [4.69, 9.17) is 5.73 Å². The lowest BCUT2D eigenvalue weighted by Gasteiger charge is -2.20. The first-order chi connectivity index (χ1) is 9.15. The van der Waals surface area contributed by atoms with Gasteiger partial charge in [0, 0.05) is 12.1 Å². The van der Waals surface area contributed by atoms with Gasteiger partial charge in [-0.1, -0.05) is 0 Å². The van der Waals surface area contributed by atoms with Crippen LogP contribution in [-0.2, 0) is 0 Å². The van der Waals surface area contributed by atoms with Gasteiger partial charge in [-0.15, -0.1) is 0 Å². The molecule has 2 aliphatic carbocycles. The summed E-state index contributed by atoms with van der Waals surface area (Å²) in [5.41, 5.74) is 7.71. The highest BCUT2D eigenvalue weighted by Gasteiger charge is 2.43. The van der Waals surface area contributed by atoms with Gasteiger partial charge in [-0.2, -0.15) is 0 Å². The number of hydrogen-bond donors (Lipinski definition) is 1. The number of rotatable bonds is 3. The Balaban J connectivity index is 1.92. The van der Waals surface area contributed by atoms with Crippen molar-refractivity contribution in [1.29, 1.82) is 0 Å². The minimum Gasteiger partial charge on any atom is -0.369 e. The second-order valence-electron chi connectivity index (χ2n) is 5.76. The van der Waals surface area contributed by atoms with Crippen LogP contribution >= 0.6 is 15.9 Å². The summed E-state index contributed by atoms with van der Waals surface area (Å²) in [6, 6.07) is 3.69. The van der Waals surface area contributed by atoms with E-state index in [9.17, 15) is 4.39 Å². The third-order valence-corrected chi connectivity index (χ3v) is 4.87. The maximum Gasteiger partial charge on any atom is 0.201 e. The van der Waals surface area contributed by atoms with Crippen molar-refractivity contribution in [2.75, 3.05) is 5.73 Å². The number of nitrogen functional groups attached to an aromatic ring is 1. The van der Waals surface area contributed by atoms with Gasteiger partial charge in [0.05, 0.1) is 15.5 Å². The molecule has 2 fully saturated rings. The van der Waals surface area contributed by atoms with E-state index in [1.807, 2.05) is 0 Å². The largest absolute Gasteiger partial charge is 0.369 e. The van der Waals surface area contributed by atoms with Gasteiger partial charge in [-0.3, -0.25) is 0 Å². The zero-order valence-corrected chi connectivity index (χ0v) is 12.0. The van der Waals surface area contributed by atoms with Crippen molar-refractivity contribution in [3.63, 3.8) is 0 Å². The Labute approximate surface area is 119 Å². The van der Waals surface area contributed by atoms with Crippen LogP contribution in [-0.4, -0.2) is 9.55 Å². The monoisotopic (exact) mass is 323 g/mol. The molecule has 0 spiro atoms. The van der Waals surface area contributed by atoms with Gasteiger partial charge in [0.2, 0.25) is 5.95 Å². The van der Waals surface area contributed by atoms with Crippen LogP contribution in [0.5, 0.6) is 0 Å². The van der Waals surface area contributed by atoms with E-state index in [0.29, 0.717) is 28.3 Å². The summed E-state index contributed by atoms with van der Waals surface area (Å²) in [7, 11) is 0. The molecule has 0 amide bonds. The second kappa shape index (κ2) is 3.95. The fraction of sp³-hybridized carbons (Fsp3) is 0.500. The van der Waals surface area contributed by atoms with E-state index in [0.717, 1.165) is 11.0 Å². The zero-order valence-electron chi connectivity index (χ0n) is 10.4. The van der Waals surface area contributed by atoms with Crippen LogP contribution in [0.2, 0.25) is 0 Å². The topological polar surface area (TPSA) is 43.8 Å². The molecule has 1 aromatic heterocycles. The fourth-order valence-electron chi connectivity index (χ4n) is 3.10. The Hall–Kier alpha value is -1.10. The Morgan fingerprint density at radius 2 is 1.89 bits per heavy atom. The van der Waals surface area contributed by atoms with E-state index in [1.54, 1.807) is 12.1 Å². The molecular formula is C14H15BrFN3. The number of aromatic nitrogens is 2. The molecule has 0 atom stereocenters. The lowest BCUT2D eigenvalue weighted by molar-refractivity contribution is 0.408. The third-order valence-electron chi connectivity index (χ3n) is 4.27. The Morgan fingerprint density at radius 3 is 2.47 bits per heavy atom. The quantitative estimate of drug-likeness (QED) is 0.931. The van der Waals surface area contributed by atoms with Crippen LogP contribution < -0.4 is 5.73 Å². The van der Waals surface area contributed by atoms with Gasteiger partial charge in [0.25, 0.3) is 0 Å². The molecule has 0 radical (unpaired) electrons. The summed E-state index contributed by atoms with van der Waals surface area (Å²) in [5.74, 6) is 1.69. The number of imidazole rings is 1. The number of nitrogens with zero attached hydrogens (tertiary/aromatic N) is 2. The third kappa shape index (κ3) is 1.86. The van der Waals surface area contributed by atoms with E-state index in [1.165, 1.54) is 25.7 Å². The minimum atomic E-state index is -0.251. The molecule has 2 aromatic rings. The van der Waals surface area contributed by atoms with Crippen molar-refractivity contribution < 1.29 is 4.39 Å². The van der Waals surface area contributed by atoms with Gasteiger partial charge in [0.15, 0.2) is 0 Å². The van der Waals surface area contributed by atoms with Gasteiger partial charge in [-0.05, 0) is 59.5 Å². The van der Waals surface area contributed by atoms with E-state index >= 15 is 0 Å². The summed E-state index contributed by atoms with van der Waals surface area (Å²) < 4.78 is 16.3. The molecule has 19 heavy (non-hydrogen) atoms. The Morgan fingerprint density at radius 1 is 1.26 bits per heavy atom. The van der Waals surface area contributed by atoms with Crippen molar-refractivity contribution in [2.24, 2.45) is 11.8 Å². The lowest BCUT2D eigenvalue weighted by atomic mass is 10.1. The lowest BCUT2D eigenvalue weighted by Crippen LogP contribution is -2.15. The second-order valence-corrected chi connectivity index (χ2v) is 6.61. The smallest absolute Gasteiger partial charge is 0.201 e. The molecule has 0 bridgehead atoms. The van der Waals surface area contributed by atoms with E-state index in [-0.39, 0.29) is 5.82 Å². The fourth-order valence-corrected chi connectivity index (χ4v) is 3.44. The van der Waals surface area contributed by atoms with Gasteiger partial charge < -0.3 is 10.3 Å². The highest BCUT2D eigenvalue weighted by molar-refractivity contribution is 9.10. The molecule has 3 nitrogen and oxygen atoms in total. The maximum absolute atomic E-state index is 13.8. The van der Waals surface area contributed by atoms with Crippen molar-refractivity contribution in [2.45, 2.75) is 31.7 Å². The van der Waals surface area contributed by atoms with E-state index in [2.05, 4.69) is 25.5 Å². The molecule has 2 saturated carbocycles. The van der Waals surface area contributed by atoms with Gasteiger partial charge in [-0.25, -0.2) is 9.37 Å². The highest BCUT2D eigenvalue weighted by Crippen LogP contribution is 2.53. The van der Waals surface area contributed by atoms with Crippen LogP contribution in [0.25, 0.3) is 11.0 Å². The van der Waals surface area contributed by atoms with Crippen LogP contribution in [0.4, 0.5) is 10.3 Å². The summed E-state index contributed by atoms with van der Waals surface area (Å²) in [6.45, 7) is 0. The molecule has 0 aliphatic heterocycles. The van der Waals surface area contributed by atoms with Crippen molar-refractivity contribution in [3.05, 3.63) is 22.4 Å². The zero-order chi connectivity index (χ0) is 13.1. The highest BCUT2D eigenvalue weighted by atomic mass is 79.9. The molecule has 4 rings (SSSR count). The van der Waals surface area contributed by atoms with Crippen molar-refractivity contribution in [1.82, 2.24) is 9.55 Å². The molecule has 100 valence electrons. The SMILES string of the molecule is Nc1nc2cc(Br)c(F)cc2n1C(C1CC1)C1CC1. The molecular weight excluding hydrogens is 309 g/mol. The first-order valence-corrected chi connectivity index (χ1v) is 7.57. The average Bonchev–Trinajstić information content (AvgIpc) is 3.24. The molecule has 0 unspecified atom stereocenters. The first kappa shape index (κ1) is 11.7. The van der Waals surface area contributed by atoms with Gasteiger partial charge in [0.1, 0.15) is 5.82 Å². The number of benzene rings is 1. The first-order valence-electron chi connectivity index (χ1n) is 6.77. The Bertz CT molecular complexity index is 646. The Kier molecular flexibility index (Phi) is 2.43. The maximum atomic E-state index is 13.8. The van der Waals surface area contributed by atoms with E-state index < -0.39 is 0 Å².